The standard InChI is InChI=1S/C7H15NO.C6H13NO.2C3H3N3.2C2H6/c1-3-4-5-6-8-7(2)9;1-3-4-5-7-6(2)8;2*1-4-2-6-3-5-1;2*1-2/h3-6H2,1-2H3,(H,8,9);3-5H2,1-2H3,(H,7,8);2*1-3H;2*1-2H3. The summed E-state index contributed by atoms with van der Waals surface area (Å²) >= 11 is 0. The van der Waals surface area contributed by atoms with Crippen LogP contribution in [-0.2, 0) is 9.59 Å². The molecule has 0 saturated heterocycles. The smallest absolute Gasteiger partial charge is 0.216 e. The highest BCUT2D eigenvalue weighted by atomic mass is 16.1. The lowest BCUT2D eigenvalue weighted by Gasteiger charge is -1.98. The molecule has 10 heteroatoms. The molecular weight excluding hydrogens is 420 g/mol. The van der Waals surface area contributed by atoms with E-state index in [1.807, 2.05) is 27.7 Å². The van der Waals surface area contributed by atoms with Gasteiger partial charge in [0.15, 0.2) is 0 Å². The lowest BCUT2D eigenvalue weighted by atomic mass is 10.2. The van der Waals surface area contributed by atoms with Crippen molar-refractivity contribution in [1.82, 2.24) is 40.5 Å². The second-order valence-corrected chi connectivity index (χ2v) is 5.61. The third-order valence-electron chi connectivity index (χ3n) is 2.86. The summed E-state index contributed by atoms with van der Waals surface area (Å²) in [5.41, 5.74) is 0. The van der Waals surface area contributed by atoms with Crippen LogP contribution in [0.4, 0.5) is 0 Å². The Labute approximate surface area is 200 Å². The summed E-state index contributed by atoms with van der Waals surface area (Å²) in [5.74, 6) is 0.143. The molecule has 0 aromatic carbocycles. The van der Waals surface area contributed by atoms with Gasteiger partial charge in [-0.1, -0.05) is 60.8 Å². The van der Waals surface area contributed by atoms with Gasteiger partial charge in [-0.05, 0) is 12.8 Å². The second kappa shape index (κ2) is 39.4. The maximum atomic E-state index is 10.3. The fraction of sp³-hybridized carbons (Fsp3) is 0.652. The molecule has 2 N–H and O–H groups in total. The van der Waals surface area contributed by atoms with Gasteiger partial charge in [-0.25, -0.2) is 29.9 Å². The number of hydrogen-bond acceptors (Lipinski definition) is 8. The third kappa shape index (κ3) is 52.8. The summed E-state index contributed by atoms with van der Waals surface area (Å²) in [5, 5.41) is 5.45. The van der Waals surface area contributed by atoms with Crippen LogP contribution in [0.5, 0.6) is 0 Å². The normalized spacial score (nSPS) is 7.88. The van der Waals surface area contributed by atoms with Crippen LogP contribution < -0.4 is 10.6 Å². The first-order valence-electron chi connectivity index (χ1n) is 11.6. The molecule has 0 bridgehead atoms. The van der Waals surface area contributed by atoms with Gasteiger partial charge >= 0.3 is 0 Å². The molecule has 2 rings (SSSR count). The van der Waals surface area contributed by atoms with E-state index >= 15 is 0 Å². The number of nitrogens with zero attached hydrogens (tertiary/aromatic N) is 6. The van der Waals surface area contributed by atoms with E-state index in [1.54, 1.807) is 6.92 Å². The van der Waals surface area contributed by atoms with Crippen LogP contribution >= 0.6 is 0 Å². The first-order valence-corrected chi connectivity index (χ1v) is 11.6. The topological polar surface area (TPSA) is 136 Å². The van der Waals surface area contributed by atoms with E-state index in [2.05, 4.69) is 54.4 Å². The highest BCUT2D eigenvalue weighted by Crippen LogP contribution is 1.90. The molecule has 190 valence electrons. The number of amides is 2. The second-order valence-electron chi connectivity index (χ2n) is 5.61. The minimum atomic E-state index is 0.0680. The zero-order valence-electron chi connectivity index (χ0n) is 21.9. The molecule has 0 unspecified atom stereocenters. The van der Waals surface area contributed by atoms with E-state index in [9.17, 15) is 9.59 Å². The molecular formula is C23H46N8O2. The predicted molar refractivity (Wildman–Crippen MR) is 134 cm³/mol. The largest absolute Gasteiger partial charge is 0.356 e. The van der Waals surface area contributed by atoms with E-state index in [4.69, 9.17) is 0 Å². The Morgan fingerprint density at radius 3 is 1.03 bits per heavy atom. The Morgan fingerprint density at radius 2 is 0.818 bits per heavy atom. The molecule has 0 fully saturated rings. The van der Waals surface area contributed by atoms with Gasteiger partial charge in [0.2, 0.25) is 11.8 Å². The molecule has 2 aromatic heterocycles. The van der Waals surface area contributed by atoms with Crippen LogP contribution in [0.3, 0.4) is 0 Å². The number of nitrogens with one attached hydrogen (secondary N) is 2. The summed E-state index contributed by atoms with van der Waals surface area (Å²) in [7, 11) is 0. The van der Waals surface area contributed by atoms with Gasteiger partial charge in [0.25, 0.3) is 0 Å². The Morgan fingerprint density at radius 1 is 0.545 bits per heavy atom. The molecule has 2 aromatic rings. The monoisotopic (exact) mass is 466 g/mol. The van der Waals surface area contributed by atoms with E-state index in [0.717, 1.165) is 32.4 Å². The number of carbonyl (C=O) groups is 2. The van der Waals surface area contributed by atoms with Crippen LogP contribution in [-0.4, -0.2) is 54.8 Å². The van der Waals surface area contributed by atoms with Crippen molar-refractivity contribution < 1.29 is 9.59 Å². The maximum Gasteiger partial charge on any atom is 0.216 e. The minimum Gasteiger partial charge on any atom is -0.356 e. The van der Waals surface area contributed by atoms with Gasteiger partial charge in [0.1, 0.15) is 38.0 Å². The zero-order valence-corrected chi connectivity index (χ0v) is 21.9. The van der Waals surface area contributed by atoms with Crippen molar-refractivity contribution in [2.45, 2.75) is 87.5 Å². The average Bonchev–Trinajstić information content (AvgIpc) is 2.87. The fourth-order valence-corrected chi connectivity index (χ4v) is 1.49. The lowest BCUT2D eigenvalue weighted by Crippen LogP contribution is -2.20. The lowest BCUT2D eigenvalue weighted by molar-refractivity contribution is -0.119. The summed E-state index contributed by atoms with van der Waals surface area (Å²) in [4.78, 5) is 41.9. The summed E-state index contributed by atoms with van der Waals surface area (Å²) in [6.07, 6.45) is 14.4. The molecule has 0 aliphatic carbocycles. The first-order chi connectivity index (χ1) is 16.0. The molecule has 0 saturated carbocycles. The van der Waals surface area contributed by atoms with Crippen molar-refractivity contribution in [3.63, 3.8) is 0 Å². The molecule has 33 heavy (non-hydrogen) atoms. The van der Waals surface area contributed by atoms with Gasteiger partial charge < -0.3 is 10.6 Å². The minimum absolute atomic E-state index is 0.0680. The molecule has 0 aliphatic rings. The number of aromatic nitrogens is 6. The van der Waals surface area contributed by atoms with Crippen LogP contribution in [0.2, 0.25) is 0 Å². The van der Waals surface area contributed by atoms with Crippen molar-refractivity contribution in [1.29, 1.82) is 0 Å². The number of rotatable bonds is 7. The number of unbranched alkanes of at least 4 members (excludes halogenated alkanes) is 3. The van der Waals surface area contributed by atoms with Crippen LogP contribution in [0, 0.1) is 0 Å². The average molecular weight is 467 g/mol. The van der Waals surface area contributed by atoms with Gasteiger partial charge in [-0.15, -0.1) is 0 Å². The number of hydrogen-bond donors (Lipinski definition) is 2. The Kier molecular flexibility index (Phi) is 44.6. The van der Waals surface area contributed by atoms with E-state index in [-0.39, 0.29) is 11.8 Å². The van der Waals surface area contributed by atoms with E-state index < -0.39 is 0 Å². The first kappa shape index (κ1) is 37.3. The molecule has 0 spiro atoms. The molecule has 2 amide bonds. The zero-order chi connectivity index (χ0) is 26.0. The van der Waals surface area contributed by atoms with Crippen LogP contribution in [0.15, 0.2) is 38.0 Å². The molecule has 0 radical (unpaired) electrons. The van der Waals surface area contributed by atoms with Crippen molar-refractivity contribution in [3.8, 4) is 0 Å². The van der Waals surface area contributed by atoms with Crippen LogP contribution in [0.1, 0.15) is 87.5 Å². The van der Waals surface area contributed by atoms with Crippen molar-refractivity contribution in [3.05, 3.63) is 38.0 Å². The Bertz CT molecular complexity index is 490. The third-order valence-corrected chi connectivity index (χ3v) is 2.86. The van der Waals surface area contributed by atoms with Gasteiger partial charge in [0.05, 0.1) is 0 Å². The summed E-state index contributed by atoms with van der Waals surface area (Å²) < 4.78 is 0. The molecule has 10 nitrogen and oxygen atoms in total. The summed E-state index contributed by atoms with van der Waals surface area (Å²) in [6.45, 7) is 17.0. The highest BCUT2D eigenvalue weighted by Gasteiger charge is 1.88. The maximum absolute atomic E-state index is 10.3. The summed E-state index contributed by atoms with van der Waals surface area (Å²) in [6, 6.07) is 0. The quantitative estimate of drug-likeness (QED) is 0.584. The van der Waals surface area contributed by atoms with Crippen molar-refractivity contribution in [2.75, 3.05) is 13.1 Å². The number of carbonyl (C=O) groups excluding carboxylic acids is 2. The fourth-order valence-electron chi connectivity index (χ4n) is 1.49. The van der Waals surface area contributed by atoms with Gasteiger partial charge in [-0.3, -0.25) is 9.59 Å². The molecule has 0 aliphatic heterocycles. The highest BCUT2D eigenvalue weighted by molar-refractivity contribution is 5.72. The van der Waals surface area contributed by atoms with Crippen molar-refractivity contribution in [2.24, 2.45) is 0 Å². The van der Waals surface area contributed by atoms with Gasteiger partial charge in [-0.2, -0.15) is 0 Å². The Balaban J connectivity index is -0.000000163. The van der Waals surface area contributed by atoms with Crippen molar-refractivity contribution >= 4 is 11.8 Å². The van der Waals surface area contributed by atoms with Gasteiger partial charge in [0, 0.05) is 26.9 Å². The predicted octanol–water partition coefficient (Wildman–Crippen LogP) is 4.03. The SMILES string of the molecule is CC.CC.CCCCCNC(C)=O.CCCCNC(C)=O.c1ncncn1.c1ncncn1. The molecule has 0 atom stereocenters. The van der Waals surface area contributed by atoms with E-state index in [0.29, 0.717) is 0 Å². The Hall–Kier alpha value is -3.04. The van der Waals surface area contributed by atoms with E-state index in [1.165, 1.54) is 57.7 Å². The van der Waals surface area contributed by atoms with Crippen LogP contribution in [0.25, 0.3) is 0 Å². The molecule has 2 heterocycles.